The van der Waals surface area contributed by atoms with Crippen LogP contribution in [-0.4, -0.2) is 32.8 Å². The lowest BCUT2D eigenvalue weighted by molar-refractivity contribution is 0.0690. The Balaban J connectivity index is 2.00. The van der Waals surface area contributed by atoms with E-state index < -0.39 is 5.97 Å². The Labute approximate surface area is 159 Å². The van der Waals surface area contributed by atoms with Crippen LogP contribution in [0.2, 0.25) is 5.02 Å². The van der Waals surface area contributed by atoms with Crippen molar-refractivity contribution in [3.63, 3.8) is 0 Å². The molecule has 0 spiro atoms. The van der Waals surface area contributed by atoms with E-state index in [1.165, 1.54) is 10.6 Å². The molecule has 0 radical (unpaired) electrons. The second-order valence-electron chi connectivity index (χ2n) is 5.87. The van der Waals surface area contributed by atoms with E-state index in [2.05, 4.69) is 10.1 Å². The number of benzene rings is 2. The van der Waals surface area contributed by atoms with Crippen molar-refractivity contribution in [2.24, 2.45) is 0 Å². The lowest BCUT2D eigenvalue weighted by Crippen LogP contribution is -2.01. The Hall–Kier alpha value is -3.38. The molecular weight excluding hydrogens is 366 g/mol. The molecule has 0 saturated carbocycles. The number of rotatable bonds is 4. The standard InChI is InChI=1S/C20H14ClN3O3/c1-27-15-7-3-5-13(9-15)18-10-16(12-4-2-6-14(21)8-12)22-19-11-17(20(25)26)23-24(18)19/h2-11H,1H3,(H,25,26). The minimum atomic E-state index is -1.11. The van der Waals surface area contributed by atoms with E-state index in [-0.39, 0.29) is 5.69 Å². The van der Waals surface area contributed by atoms with Crippen molar-refractivity contribution in [2.45, 2.75) is 0 Å². The van der Waals surface area contributed by atoms with E-state index in [0.717, 1.165) is 11.1 Å². The van der Waals surface area contributed by atoms with Crippen molar-refractivity contribution in [3.05, 3.63) is 71.4 Å². The van der Waals surface area contributed by atoms with Crippen LogP contribution in [0.4, 0.5) is 0 Å². The van der Waals surface area contributed by atoms with Crippen LogP contribution in [0.1, 0.15) is 10.5 Å². The Morgan fingerprint density at radius 2 is 1.85 bits per heavy atom. The molecule has 2 aromatic carbocycles. The largest absolute Gasteiger partial charge is 0.497 e. The molecule has 7 heteroatoms. The second kappa shape index (κ2) is 6.74. The molecule has 0 unspecified atom stereocenters. The van der Waals surface area contributed by atoms with Gasteiger partial charge in [0.2, 0.25) is 0 Å². The van der Waals surface area contributed by atoms with Crippen molar-refractivity contribution in [2.75, 3.05) is 7.11 Å². The maximum atomic E-state index is 11.4. The number of aromatic carboxylic acids is 1. The number of fused-ring (bicyclic) bond motifs is 1. The monoisotopic (exact) mass is 379 g/mol. The fourth-order valence-electron chi connectivity index (χ4n) is 2.86. The number of carboxylic acids is 1. The van der Waals surface area contributed by atoms with Gasteiger partial charge in [-0.05, 0) is 30.3 Å². The number of hydrogen-bond acceptors (Lipinski definition) is 4. The first kappa shape index (κ1) is 17.1. The molecule has 1 N–H and O–H groups in total. The lowest BCUT2D eigenvalue weighted by atomic mass is 10.1. The van der Waals surface area contributed by atoms with E-state index in [9.17, 15) is 9.90 Å². The molecule has 0 aliphatic rings. The summed E-state index contributed by atoms with van der Waals surface area (Å²) in [7, 11) is 1.59. The zero-order chi connectivity index (χ0) is 19.0. The van der Waals surface area contributed by atoms with Gasteiger partial charge in [0.1, 0.15) is 5.75 Å². The van der Waals surface area contributed by atoms with Gasteiger partial charge in [0.15, 0.2) is 11.3 Å². The van der Waals surface area contributed by atoms with Crippen molar-refractivity contribution in [3.8, 4) is 28.3 Å². The summed E-state index contributed by atoms with van der Waals surface area (Å²) in [5.41, 5.74) is 3.37. The number of nitrogens with zero attached hydrogens (tertiary/aromatic N) is 3. The summed E-state index contributed by atoms with van der Waals surface area (Å²) in [5, 5.41) is 14.1. The van der Waals surface area contributed by atoms with E-state index in [1.54, 1.807) is 13.2 Å². The van der Waals surface area contributed by atoms with Crippen LogP contribution in [0, 0.1) is 0 Å². The topological polar surface area (TPSA) is 76.7 Å². The van der Waals surface area contributed by atoms with Gasteiger partial charge in [-0.1, -0.05) is 35.9 Å². The predicted molar refractivity (Wildman–Crippen MR) is 102 cm³/mol. The van der Waals surface area contributed by atoms with Crippen LogP contribution in [0.15, 0.2) is 60.7 Å². The molecule has 6 nitrogen and oxygen atoms in total. The van der Waals surface area contributed by atoms with E-state index >= 15 is 0 Å². The summed E-state index contributed by atoms with van der Waals surface area (Å²) in [4.78, 5) is 15.9. The first-order valence-corrected chi connectivity index (χ1v) is 8.47. The molecule has 0 saturated heterocycles. The molecule has 0 amide bonds. The number of hydrogen-bond donors (Lipinski definition) is 1. The van der Waals surface area contributed by atoms with Crippen LogP contribution in [-0.2, 0) is 0 Å². The van der Waals surface area contributed by atoms with E-state index in [0.29, 0.717) is 27.8 Å². The molecule has 0 bridgehead atoms. The Kier molecular flexibility index (Phi) is 4.25. The van der Waals surface area contributed by atoms with Gasteiger partial charge in [0.05, 0.1) is 18.5 Å². The molecule has 4 rings (SSSR count). The second-order valence-corrected chi connectivity index (χ2v) is 6.31. The normalized spacial score (nSPS) is 10.9. The molecule has 4 aromatic rings. The van der Waals surface area contributed by atoms with Gasteiger partial charge in [0.25, 0.3) is 0 Å². The highest BCUT2D eigenvalue weighted by molar-refractivity contribution is 6.30. The fraction of sp³-hybridized carbons (Fsp3) is 0.0500. The van der Waals surface area contributed by atoms with E-state index in [1.807, 2.05) is 48.5 Å². The van der Waals surface area contributed by atoms with Gasteiger partial charge < -0.3 is 9.84 Å². The first-order chi connectivity index (χ1) is 13.0. The van der Waals surface area contributed by atoms with Gasteiger partial charge in [-0.15, -0.1) is 0 Å². The highest BCUT2D eigenvalue weighted by atomic mass is 35.5. The van der Waals surface area contributed by atoms with Crippen molar-refractivity contribution >= 4 is 23.2 Å². The summed E-state index contributed by atoms with van der Waals surface area (Å²) in [5.74, 6) is -0.422. The Bertz CT molecular complexity index is 1170. The lowest BCUT2D eigenvalue weighted by Gasteiger charge is -2.10. The number of methoxy groups -OCH3 is 1. The Morgan fingerprint density at radius 1 is 1.07 bits per heavy atom. The van der Waals surface area contributed by atoms with Gasteiger partial charge in [-0.3, -0.25) is 0 Å². The molecule has 0 aliphatic carbocycles. The molecule has 2 aromatic heterocycles. The van der Waals surface area contributed by atoms with Crippen molar-refractivity contribution in [1.29, 1.82) is 0 Å². The zero-order valence-corrected chi connectivity index (χ0v) is 15.0. The molecule has 0 atom stereocenters. The third-order valence-corrected chi connectivity index (χ3v) is 4.37. The zero-order valence-electron chi connectivity index (χ0n) is 14.3. The smallest absolute Gasteiger partial charge is 0.356 e. The number of carbonyl (C=O) groups is 1. The van der Waals surface area contributed by atoms with E-state index in [4.69, 9.17) is 16.3 Å². The van der Waals surface area contributed by atoms with Gasteiger partial charge >= 0.3 is 5.97 Å². The van der Waals surface area contributed by atoms with Crippen LogP contribution < -0.4 is 4.74 Å². The van der Waals surface area contributed by atoms with Crippen molar-refractivity contribution < 1.29 is 14.6 Å². The highest BCUT2D eigenvalue weighted by Gasteiger charge is 2.16. The van der Waals surface area contributed by atoms with Crippen LogP contribution >= 0.6 is 11.6 Å². The summed E-state index contributed by atoms with van der Waals surface area (Å²) >= 11 is 6.12. The molecule has 134 valence electrons. The van der Waals surface area contributed by atoms with Crippen LogP contribution in [0.3, 0.4) is 0 Å². The van der Waals surface area contributed by atoms with Crippen molar-refractivity contribution in [1.82, 2.24) is 14.6 Å². The van der Waals surface area contributed by atoms with Crippen LogP contribution in [0.5, 0.6) is 5.75 Å². The average Bonchev–Trinajstić information content (AvgIpc) is 3.12. The summed E-state index contributed by atoms with van der Waals surface area (Å²) < 4.78 is 6.83. The Morgan fingerprint density at radius 3 is 2.59 bits per heavy atom. The quantitative estimate of drug-likeness (QED) is 0.567. The molecule has 27 heavy (non-hydrogen) atoms. The molecule has 0 aliphatic heterocycles. The number of halogens is 1. The SMILES string of the molecule is COc1cccc(-c2cc(-c3cccc(Cl)c3)nc3cc(C(=O)O)nn23)c1. The van der Waals surface area contributed by atoms with Gasteiger partial charge in [0, 0.05) is 22.2 Å². The maximum absolute atomic E-state index is 11.4. The predicted octanol–water partition coefficient (Wildman–Crippen LogP) is 4.42. The molecular formula is C20H14ClN3O3. The molecule has 2 heterocycles. The minimum Gasteiger partial charge on any atom is -0.497 e. The highest BCUT2D eigenvalue weighted by Crippen LogP contribution is 2.29. The minimum absolute atomic E-state index is 0.0742. The van der Waals surface area contributed by atoms with Gasteiger partial charge in [-0.2, -0.15) is 5.10 Å². The van der Waals surface area contributed by atoms with Crippen LogP contribution in [0.25, 0.3) is 28.2 Å². The number of aromatic nitrogens is 3. The number of ether oxygens (including phenoxy) is 1. The first-order valence-electron chi connectivity index (χ1n) is 8.09. The average molecular weight is 380 g/mol. The summed E-state index contributed by atoms with van der Waals surface area (Å²) in [6, 6.07) is 18.1. The summed E-state index contributed by atoms with van der Waals surface area (Å²) in [6.07, 6.45) is 0. The summed E-state index contributed by atoms with van der Waals surface area (Å²) in [6.45, 7) is 0. The number of carboxylic acid groups (broad SMARTS) is 1. The maximum Gasteiger partial charge on any atom is 0.356 e. The molecule has 0 fully saturated rings. The third-order valence-electron chi connectivity index (χ3n) is 4.13. The van der Waals surface area contributed by atoms with Gasteiger partial charge in [-0.25, -0.2) is 14.3 Å². The fourth-order valence-corrected chi connectivity index (χ4v) is 3.05. The third kappa shape index (κ3) is 3.22.